The zero-order valence-electron chi connectivity index (χ0n) is 10.1. The fraction of sp³-hybridized carbons (Fsp3) is 0.800. The molecule has 104 valence electrons. The van der Waals surface area contributed by atoms with Gasteiger partial charge >= 0.3 is 15.1 Å². The summed E-state index contributed by atoms with van der Waals surface area (Å²) >= 11 is 0. The van der Waals surface area contributed by atoms with Crippen LogP contribution in [-0.4, -0.2) is 47.7 Å². The fourth-order valence-corrected chi connectivity index (χ4v) is 2.67. The molecule has 18 heavy (non-hydrogen) atoms. The third-order valence-corrected chi connectivity index (χ3v) is 3.98. The maximum Gasteiger partial charge on any atom is 0.318 e. The topological polar surface area (TPSA) is 91.8 Å². The molecule has 0 bridgehead atoms. The Morgan fingerprint density at radius 1 is 1.28 bits per heavy atom. The van der Waals surface area contributed by atoms with Gasteiger partial charge in [0.15, 0.2) is 0 Å². The second kappa shape index (κ2) is 5.31. The summed E-state index contributed by atoms with van der Waals surface area (Å²) in [7, 11) is -5.29. The quantitative estimate of drug-likeness (QED) is 0.759. The number of likely N-dealkylation sites (tertiary alicyclic amines) is 1. The molecule has 0 spiro atoms. The van der Waals surface area contributed by atoms with Crippen LogP contribution in [0.3, 0.4) is 0 Å². The van der Waals surface area contributed by atoms with Crippen molar-refractivity contribution in [3.05, 3.63) is 0 Å². The number of rotatable bonds is 4. The molecule has 6 nitrogen and oxygen atoms in total. The highest BCUT2D eigenvalue weighted by atomic mass is 32.2. The van der Waals surface area contributed by atoms with E-state index in [4.69, 9.17) is 4.55 Å². The fourth-order valence-electron chi connectivity index (χ4n) is 1.93. The molecular formula is C10H16FNO5S. The SMILES string of the molecule is CC(=O)CC(F)(C(=O)N1CCCCC1)S(=O)(=O)O. The van der Waals surface area contributed by atoms with Gasteiger partial charge < -0.3 is 4.90 Å². The molecule has 1 N–H and O–H groups in total. The van der Waals surface area contributed by atoms with Crippen molar-refractivity contribution in [2.24, 2.45) is 0 Å². The van der Waals surface area contributed by atoms with Gasteiger partial charge in [0, 0.05) is 13.1 Å². The Balaban J connectivity index is 3.03. The number of carbonyl (C=O) groups is 2. The first-order chi connectivity index (χ1) is 8.18. The van der Waals surface area contributed by atoms with E-state index in [-0.39, 0.29) is 13.1 Å². The third kappa shape index (κ3) is 3.05. The number of alkyl halides is 1. The Bertz CT molecular complexity index is 443. The average Bonchev–Trinajstić information content (AvgIpc) is 2.26. The van der Waals surface area contributed by atoms with E-state index in [9.17, 15) is 22.4 Å². The summed E-state index contributed by atoms with van der Waals surface area (Å²) in [5.41, 5.74) is 0. The van der Waals surface area contributed by atoms with Crippen molar-refractivity contribution in [1.29, 1.82) is 0 Å². The van der Waals surface area contributed by atoms with Gasteiger partial charge in [-0.15, -0.1) is 0 Å². The van der Waals surface area contributed by atoms with E-state index in [0.29, 0.717) is 12.8 Å². The number of piperidine rings is 1. The van der Waals surface area contributed by atoms with Crippen LogP contribution in [0.1, 0.15) is 32.6 Å². The monoisotopic (exact) mass is 281 g/mol. The van der Waals surface area contributed by atoms with E-state index in [1.54, 1.807) is 0 Å². The summed E-state index contributed by atoms with van der Waals surface area (Å²) in [5.74, 6) is -2.17. The van der Waals surface area contributed by atoms with Crippen molar-refractivity contribution in [1.82, 2.24) is 4.90 Å². The predicted octanol–water partition coefficient (Wildman–Crippen LogP) is 0.532. The lowest BCUT2D eigenvalue weighted by Crippen LogP contribution is -2.53. The predicted molar refractivity (Wildman–Crippen MR) is 61.1 cm³/mol. The summed E-state index contributed by atoms with van der Waals surface area (Å²) in [4.78, 5) is 23.8. The molecule has 1 saturated heterocycles. The van der Waals surface area contributed by atoms with Crippen LogP contribution in [0.5, 0.6) is 0 Å². The number of Topliss-reactive ketones (excluding diaryl/α,β-unsaturated/α-hetero) is 1. The number of halogens is 1. The summed E-state index contributed by atoms with van der Waals surface area (Å²) in [5, 5.41) is -3.56. The number of carbonyl (C=O) groups excluding carboxylic acids is 2. The summed E-state index contributed by atoms with van der Waals surface area (Å²) in [6, 6.07) is 0. The molecule has 1 atom stereocenters. The van der Waals surface area contributed by atoms with Gasteiger partial charge in [0.05, 0.1) is 6.42 Å². The van der Waals surface area contributed by atoms with Crippen LogP contribution < -0.4 is 0 Å². The average molecular weight is 281 g/mol. The number of nitrogens with zero attached hydrogens (tertiary/aromatic N) is 1. The summed E-state index contributed by atoms with van der Waals surface area (Å²) in [6.07, 6.45) is 1.00. The zero-order valence-corrected chi connectivity index (χ0v) is 10.9. The van der Waals surface area contributed by atoms with Gasteiger partial charge in [-0.2, -0.15) is 8.42 Å². The molecule has 8 heteroatoms. The highest BCUT2D eigenvalue weighted by Crippen LogP contribution is 2.27. The first-order valence-electron chi connectivity index (χ1n) is 5.63. The molecular weight excluding hydrogens is 265 g/mol. The van der Waals surface area contributed by atoms with Crippen molar-refractivity contribution >= 4 is 21.8 Å². The standard InChI is InChI=1S/C10H16FNO5S/c1-8(13)7-10(11,18(15,16)17)9(14)12-5-3-2-4-6-12/h2-7H2,1H3,(H,15,16,17). The van der Waals surface area contributed by atoms with Gasteiger partial charge in [0.2, 0.25) is 0 Å². The molecule has 0 aliphatic carbocycles. The van der Waals surface area contributed by atoms with Gasteiger partial charge in [-0.3, -0.25) is 14.1 Å². The minimum Gasteiger partial charge on any atom is -0.339 e. The van der Waals surface area contributed by atoms with Crippen molar-refractivity contribution in [2.75, 3.05) is 13.1 Å². The maximum atomic E-state index is 14.3. The van der Waals surface area contributed by atoms with Crippen molar-refractivity contribution in [3.8, 4) is 0 Å². The maximum absolute atomic E-state index is 14.3. The molecule has 1 unspecified atom stereocenters. The van der Waals surface area contributed by atoms with E-state index in [1.165, 1.54) is 0 Å². The lowest BCUT2D eigenvalue weighted by molar-refractivity contribution is -0.142. The Morgan fingerprint density at radius 2 is 1.78 bits per heavy atom. The molecule has 0 radical (unpaired) electrons. The van der Waals surface area contributed by atoms with Crippen molar-refractivity contribution < 1.29 is 27.0 Å². The van der Waals surface area contributed by atoms with Crippen LogP contribution in [0.2, 0.25) is 0 Å². The van der Waals surface area contributed by atoms with Crippen LogP contribution in [0.25, 0.3) is 0 Å². The highest BCUT2D eigenvalue weighted by Gasteiger charge is 2.54. The molecule has 1 rings (SSSR count). The molecule has 0 aromatic heterocycles. The molecule has 1 aliphatic rings. The Hall–Kier alpha value is -1.02. The summed E-state index contributed by atoms with van der Waals surface area (Å²) < 4.78 is 45.3. The molecule has 1 aliphatic heterocycles. The third-order valence-electron chi connectivity index (χ3n) is 2.85. The van der Waals surface area contributed by atoms with Crippen LogP contribution in [0.4, 0.5) is 4.39 Å². The number of hydrogen-bond acceptors (Lipinski definition) is 4. The smallest absolute Gasteiger partial charge is 0.318 e. The van der Waals surface area contributed by atoms with E-state index in [1.807, 2.05) is 0 Å². The number of ketones is 1. The van der Waals surface area contributed by atoms with Crippen LogP contribution in [0, 0.1) is 0 Å². The second-order valence-corrected chi connectivity index (χ2v) is 6.03. The van der Waals surface area contributed by atoms with E-state index < -0.39 is 33.2 Å². The lowest BCUT2D eigenvalue weighted by Gasteiger charge is -2.31. The normalized spacial score (nSPS) is 20.3. The zero-order chi connectivity index (χ0) is 14.0. The number of amides is 1. The van der Waals surface area contributed by atoms with Gasteiger partial charge in [0.25, 0.3) is 5.91 Å². The largest absolute Gasteiger partial charge is 0.339 e. The lowest BCUT2D eigenvalue weighted by atomic mass is 10.1. The first-order valence-corrected chi connectivity index (χ1v) is 7.07. The van der Waals surface area contributed by atoms with Crippen LogP contribution in [-0.2, 0) is 19.7 Å². The summed E-state index contributed by atoms with van der Waals surface area (Å²) in [6.45, 7) is 1.43. The molecule has 1 heterocycles. The molecule has 0 aromatic rings. The molecule has 1 amide bonds. The Kier molecular flexibility index (Phi) is 4.44. The minimum atomic E-state index is -5.29. The highest BCUT2D eigenvalue weighted by molar-refractivity contribution is 7.88. The van der Waals surface area contributed by atoms with Gasteiger partial charge in [-0.1, -0.05) is 0 Å². The van der Waals surface area contributed by atoms with Gasteiger partial charge in [0.1, 0.15) is 5.78 Å². The van der Waals surface area contributed by atoms with E-state index in [2.05, 4.69) is 0 Å². The minimum absolute atomic E-state index is 0.234. The van der Waals surface area contributed by atoms with Gasteiger partial charge in [-0.05, 0) is 26.2 Å². The first kappa shape index (κ1) is 15.0. The second-order valence-electron chi connectivity index (χ2n) is 4.44. The van der Waals surface area contributed by atoms with Gasteiger partial charge in [-0.25, -0.2) is 4.39 Å². The molecule has 1 fully saturated rings. The Labute approximate surface area is 105 Å². The van der Waals surface area contributed by atoms with E-state index in [0.717, 1.165) is 18.2 Å². The molecule has 0 saturated carbocycles. The van der Waals surface area contributed by atoms with Crippen molar-refractivity contribution in [2.45, 2.75) is 37.6 Å². The van der Waals surface area contributed by atoms with Crippen molar-refractivity contribution in [3.63, 3.8) is 0 Å². The van der Waals surface area contributed by atoms with E-state index >= 15 is 0 Å². The van der Waals surface area contributed by atoms with Crippen LogP contribution in [0.15, 0.2) is 0 Å². The Morgan fingerprint density at radius 3 is 2.17 bits per heavy atom. The van der Waals surface area contributed by atoms with Crippen LogP contribution >= 0.6 is 0 Å². The molecule has 0 aromatic carbocycles. The number of hydrogen-bond donors (Lipinski definition) is 1.